The molecule has 162 valence electrons. The summed E-state index contributed by atoms with van der Waals surface area (Å²) in [7, 11) is 4.48. The number of carbonyl (C=O) groups is 2. The topological polar surface area (TPSA) is 99.9 Å². The molecule has 3 N–H and O–H groups in total. The molecule has 1 aromatic carbocycles. The van der Waals surface area contributed by atoms with Crippen LogP contribution in [-0.4, -0.2) is 33.1 Å². The Kier molecular flexibility index (Phi) is 6.87. The Labute approximate surface area is 180 Å². The lowest BCUT2D eigenvalue weighted by Gasteiger charge is -2.21. The monoisotopic (exact) mass is 432 g/mol. The van der Waals surface area contributed by atoms with Crippen LogP contribution in [0.4, 0.5) is 5.00 Å². The quantitative estimate of drug-likeness (QED) is 0.656. The zero-order valence-electron chi connectivity index (χ0n) is 17.8. The van der Waals surface area contributed by atoms with Gasteiger partial charge in [-0.05, 0) is 42.9 Å². The van der Waals surface area contributed by atoms with Crippen molar-refractivity contribution in [1.82, 2.24) is 0 Å². The molecule has 7 nitrogen and oxygen atoms in total. The number of primary amides is 1. The minimum Gasteiger partial charge on any atom is -0.493 e. The van der Waals surface area contributed by atoms with E-state index < -0.39 is 5.91 Å². The predicted octanol–water partition coefficient (Wildman–Crippen LogP) is 4.03. The summed E-state index contributed by atoms with van der Waals surface area (Å²) in [5.74, 6) is 0.889. The molecule has 0 saturated heterocycles. The molecule has 0 aliphatic heterocycles. The molecular weight excluding hydrogens is 404 g/mol. The van der Waals surface area contributed by atoms with E-state index in [2.05, 4.69) is 12.2 Å². The van der Waals surface area contributed by atoms with Crippen LogP contribution < -0.4 is 25.3 Å². The first-order valence-electron chi connectivity index (χ1n) is 9.99. The molecular formula is C22H28N2O5S. The average Bonchev–Trinajstić information content (AvgIpc) is 3.09. The predicted molar refractivity (Wildman–Crippen MR) is 117 cm³/mol. The molecule has 8 heteroatoms. The van der Waals surface area contributed by atoms with Gasteiger partial charge in [-0.2, -0.15) is 0 Å². The molecule has 0 saturated carbocycles. The van der Waals surface area contributed by atoms with Crippen LogP contribution in [0, 0.1) is 5.92 Å². The molecule has 1 heterocycles. The fourth-order valence-corrected chi connectivity index (χ4v) is 5.41. The maximum Gasteiger partial charge on any atom is 0.256 e. The number of amides is 2. The first-order chi connectivity index (χ1) is 14.4. The van der Waals surface area contributed by atoms with Gasteiger partial charge in [-0.15, -0.1) is 11.3 Å². The van der Waals surface area contributed by atoms with Crippen molar-refractivity contribution < 1.29 is 23.8 Å². The fraction of sp³-hybridized carbons (Fsp3) is 0.455. The molecule has 1 atom stereocenters. The summed E-state index contributed by atoms with van der Waals surface area (Å²) in [5, 5.41) is 3.38. The molecule has 1 unspecified atom stereocenters. The lowest BCUT2D eigenvalue weighted by molar-refractivity contribution is 0.1000. The van der Waals surface area contributed by atoms with Crippen molar-refractivity contribution in [2.24, 2.45) is 11.7 Å². The smallest absolute Gasteiger partial charge is 0.256 e. The lowest BCUT2D eigenvalue weighted by atomic mass is 9.84. The van der Waals surface area contributed by atoms with Gasteiger partial charge in [0.1, 0.15) is 5.00 Å². The van der Waals surface area contributed by atoms with E-state index in [1.165, 1.54) is 32.7 Å². The van der Waals surface area contributed by atoms with Crippen LogP contribution >= 0.6 is 11.3 Å². The standard InChI is InChI=1S/C22H28N2O5S/c1-5-6-12-7-8-14-17(9-12)30-22(18(14)20(23)25)24-21(26)13-10-15(27-2)19(29-4)16(11-13)28-3/h10-12H,5-9H2,1-4H3,(H2,23,25)(H,24,26). The zero-order valence-corrected chi connectivity index (χ0v) is 18.6. The minimum atomic E-state index is -0.512. The van der Waals surface area contributed by atoms with Crippen molar-refractivity contribution in [3.8, 4) is 17.2 Å². The van der Waals surface area contributed by atoms with Crippen LogP contribution in [0.5, 0.6) is 17.2 Å². The highest BCUT2D eigenvalue weighted by Crippen LogP contribution is 2.42. The number of ether oxygens (including phenoxy) is 3. The summed E-state index contributed by atoms with van der Waals surface area (Å²) in [4.78, 5) is 26.3. The number of rotatable bonds is 8. The molecule has 1 aliphatic carbocycles. The van der Waals surface area contributed by atoms with Gasteiger partial charge in [-0.25, -0.2) is 0 Å². The van der Waals surface area contributed by atoms with Crippen LogP contribution in [-0.2, 0) is 12.8 Å². The second-order valence-corrected chi connectivity index (χ2v) is 8.44. The SMILES string of the molecule is CCCC1CCc2c(sc(NC(=O)c3cc(OC)c(OC)c(OC)c3)c2C(N)=O)C1. The van der Waals surface area contributed by atoms with E-state index >= 15 is 0 Å². The number of methoxy groups -OCH3 is 3. The Balaban J connectivity index is 1.93. The Morgan fingerprint density at radius 2 is 1.83 bits per heavy atom. The average molecular weight is 433 g/mol. The number of nitrogens with one attached hydrogen (secondary N) is 1. The van der Waals surface area contributed by atoms with E-state index in [4.69, 9.17) is 19.9 Å². The highest BCUT2D eigenvalue weighted by atomic mass is 32.1. The summed E-state index contributed by atoms with van der Waals surface area (Å²) in [6, 6.07) is 3.15. The van der Waals surface area contributed by atoms with E-state index in [9.17, 15) is 9.59 Å². The summed E-state index contributed by atoms with van der Waals surface area (Å²) in [6.07, 6.45) is 5.08. The summed E-state index contributed by atoms with van der Waals surface area (Å²) >= 11 is 1.45. The van der Waals surface area contributed by atoms with Gasteiger partial charge in [0.2, 0.25) is 5.75 Å². The second kappa shape index (κ2) is 9.38. The third-order valence-electron chi connectivity index (χ3n) is 5.46. The molecule has 2 amide bonds. The van der Waals surface area contributed by atoms with Crippen molar-refractivity contribution in [2.45, 2.75) is 39.0 Å². The molecule has 0 bridgehead atoms. The molecule has 0 radical (unpaired) electrons. The Morgan fingerprint density at radius 3 is 2.37 bits per heavy atom. The van der Waals surface area contributed by atoms with Crippen molar-refractivity contribution in [3.05, 3.63) is 33.7 Å². The first kappa shape index (κ1) is 22.0. The van der Waals surface area contributed by atoms with Crippen LogP contribution in [0.3, 0.4) is 0 Å². The van der Waals surface area contributed by atoms with Crippen LogP contribution in [0.15, 0.2) is 12.1 Å². The number of hydrogen-bond donors (Lipinski definition) is 2. The van der Waals surface area contributed by atoms with Crippen LogP contribution in [0.2, 0.25) is 0 Å². The number of fused-ring (bicyclic) bond motifs is 1. The number of thiophene rings is 1. The molecule has 0 fully saturated rings. The molecule has 1 aliphatic rings. The molecule has 30 heavy (non-hydrogen) atoms. The van der Waals surface area contributed by atoms with Gasteiger partial charge in [0, 0.05) is 10.4 Å². The van der Waals surface area contributed by atoms with Gasteiger partial charge in [0.15, 0.2) is 11.5 Å². The van der Waals surface area contributed by atoms with Crippen molar-refractivity contribution in [2.75, 3.05) is 26.6 Å². The summed E-state index contributed by atoms with van der Waals surface area (Å²) < 4.78 is 16.0. The van der Waals surface area contributed by atoms with E-state index in [-0.39, 0.29) is 5.91 Å². The van der Waals surface area contributed by atoms with Crippen LogP contribution in [0.25, 0.3) is 0 Å². The second-order valence-electron chi connectivity index (χ2n) is 7.34. The molecule has 3 rings (SSSR count). The lowest BCUT2D eigenvalue weighted by Crippen LogP contribution is -2.20. The maximum absolute atomic E-state index is 13.0. The number of nitrogens with two attached hydrogens (primary N) is 1. The zero-order chi connectivity index (χ0) is 21.8. The van der Waals surface area contributed by atoms with Crippen LogP contribution in [0.1, 0.15) is 57.3 Å². The van der Waals surface area contributed by atoms with Gasteiger partial charge < -0.3 is 25.3 Å². The van der Waals surface area contributed by atoms with Gasteiger partial charge in [0.05, 0.1) is 26.9 Å². The van der Waals surface area contributed by atoms with Gasteiger partial charge in [0.25, 0.3) is 11.8 Å². The van der Waals surface area contributed by atoms with E-state index in [0.717, 1.165) is 42.5 Å². The van der Waals surface area contributed by atoms with E-state index in [0.29, 0.717) is 39.3 Å². The van der Waals surface area contributed by atoms with Gasteiger partial charge in [-0.1, -0.05) is 19.8 Å². The highest BCUT2D eigenvalue weighted by Gasteiger charge is 2.29. The summed E-state index contributed by atoms with van der Waals surface area (Å²) in [6.45, 7) is 2.18. The molecule has 0 spiro atoms. The van der Waals surface area contributed by atoms with E-state index in [1.54, 1.807) is 12.1 Å². The number of anilines is 1. The first-order valence-corrected chi connectivity index (χ1v) is 10.8. The Hall–Kier alpha value is -2.74. The van der Waals surface area contributed by atoms with E-state index in [1.807, 2.05) is 0 Å². The van der Waals surface area contributed by atoms with Crippen molar-refractivity contribution >= 4 is 28.2 Å². The molecule has 1 aromatic heterocycles. The third-order valence-corrected chi connectivity index (χ3v) is 6.63. The van der Waals surface area contributed by atoms with Gasteiger partial charge in [-0.3, -0.25) is 9.59 Å². The normalized spacial score (nSPS) is 15.3. The number of carbonyl (C=O) groups excluding carboxylic acids is 2. The Morgan fingerprint density at radius 1 is 1.17 bits per heavy atom. The number of hydrogen-bond acceptors (Lipinski definition) is 6. The highest BCUT2D eigenvalue weighted by molar-refractivity contribution is 7.17. The third kappa shape index (κ3) is 4.23. The number of benzene rings is 1. The van der Waals surface area contributed by atoms with Gasteiger partial charge >= 0.3 is 0 Å². The maximum atomic E-state index is 13.0. The largest absolute Gasteiger partial charge is 0.493 e. The Bertz CT molecular complexity index is 928. The van der Waals surface area contributed by atoms with Crippen molar-refractivity contribution in [3.63, 3.8) is 0 Å². The molecule has 2 aromatic rings. The van der Waals surface area contributed by atoms with Crippen molar-refractivity contribution in [1.29, 1.82) is 0 Å². The summed E-state index contributed by atoms with van der Waals surface area (Å²) in [5.41, 5.74) is 7.43. The minimum absolute atomic E-state index is 0.329. The fourth-order valence-electron chi connectivity index (χ4n) is 4.05.